The SMILES string of the molecule is CC/C=C/C=C/C=C/CCCCCCCCCC(=O)OC(/C=C\CCCCCCCCCCC)C(COP(=O)(O)OCC[N+](C)(C)C)NC(=O)CCCCC/C=C\C/C=C\C/C=C\C/C=C\CCCCC. The maximum atomic E-state index is 13.5. The molecule has 408 valence electrons. The zero-order valence-electron chi connectivity index (χ0n) is 46.4. The number of hydrogen-bond acceptors (Lipinski definition) is 6. The lowest BCUT2D eigenvalue weighted by atomic mass is 10.1. The standard InChI is InChI=1S/C61H107N2O7P/c1-7-10-13-16-19-22-25-27-29-30-31-32-34-35-38-41-44-47-50-53-60(64)62-58(57-69-71(66,67)68-56-55-63(4,5)6)59(52-49-46-43-40-37-24-21-18-15-12-9-3)70-61(65)54-51-48-45-42-39-36-33-28-26-23-20-17-14-11-8-2/h11,14,17,19-20,22-23,26-27,29,31-32,35,38,49,52,58-59H,7-10,12-13,15-16,18,21,24-25,28,30,33-34,36-37,39-48,50-51,53-57H2,1-6H3,(H-,62,64,66,67)/p+1/b14-11+,20-17+,22-19-,26-23+,29-27-,32-31-,38-35-,52-49-. The Labute approximate surface area is 437 Å². The van der Waals surface area contributed by atoms with E-state index in [1.165, 1.54) is 89.9 Å². The van der Waals surface area contributed by atoms with Crippen LogP contribution in [0.25, 0.3) is 0 Å². The molecule has 0 aliphatic heterocycles. The van der Waals surface area contributed by atoms with Crippen LogP contribution in [0.15, 0.2) is 97.2 Å². The van der Waals surface area contributed by atoms with E-state index in [0.717, 1.165) is 96.3 Å². The molecule has 0 spiro atoms. The van der Waals surface area contributed by atoms with Gasteiger partial charge in [0.15, 0.2) is 0 Å². The molecule has 0 fully saturated rings. The fourth-order valence-corrected chi connectivity index (χ4v) is 8.36. The lowest BCUT2D eigenvalue weighted by Gasteiger charge is -2.27. The summed E-state index contributed by atoms with van der Waals surface area (Å²) < 4.78 is 30.6. The van der Waals surface area contributed by atoms with E-state index >= 15 is 0 Å². The molecule has 0 aromatic carbocycles. The molecule has 10 heteroatoms. The fraction of sp³-hybridized carbons (Fsp3) is 0.705. The molecular weight excluding hydrogens is 904 g/mol. The fourth-order valence-electron chi connectivity index (χ4n) is 7.63. The Hall–Kier alpha value is -3.07. The van der Waals surface area contributed by atoms with Crippen molar-refractivity contribution in [3.8, 4) is 0 Å². The average Bonchev–Trinajstić information content (AvgIpc) is 3.33. The summed E-state index contributed by atoms with van der Waals surface area (Å²) in [6, 6.07) is -0.874. The maximum Gasteiger partial charge on any atom is 0.472 e. The van der Waals surface area contributed by atoms with Crippen molar-refractivity contribution in [2.45, 2.75) is 238 Å². The summed E-state index contributed by atoms with van der Waals surface area (Å²) >= 11 is 0. The van der Waals surface area contributed by atoms with Crippen LogP contribution in [0.5, 0.6) is 0 Å². The molecule has 0 bridgehead atoms. The van der Waals surface area contributed by atoms with E-state index < -0.39 is 20.0 Å². The summed E-state index contributed by atoms with van der Waals surface area (Å²) in [4.78, 5) is 37.6. The van der Waals surface area contributed by atoms with Gasteiger partial charge >= 0.3 is 13.8 Å². The van der Waals surface area contributed by atoms with Gasteiger partial charge in [0.2, 0.25) is 5.91 Å². The lowest BCUT2D eigenvalue weighted by Crippen LogP contribution is -2.47. The van der Waals surface area contributed by atoms with Crippen LogP contribution in [-0.4, -0.2) is 74.3 Å². The van der Waals surface area contributed by atoms with Gasteiger partial charge in [-0.25, -0.2) is 4.57 Å². The van der Waals surface area contributed by atoms with Gasteiger partial charge < -0.3 is 19.4 Å². The number of likely N-dealkylation sites (N-methyl/N-ethyl adjacent to an activating group) is 1. The Morgan fingerprint density at radius 2 is 0.958 bits per heavy atom. The number of allylic oxidation sites excluding steroid dienone is 15. The Morgan fingerprint density at radius 1 is 0.521 bits per heavy atom. The predicted molar refractivity (Wildman–Crippen MR) is 304 cm³/mol. The highest BCUT2D eigenvalue weighted by atomic mass is 31.2. The van der Waals surface area contributed by atoms with E-state index in [2.05, 4.69) is 111 Å². The predicted octanol–water partition coefficient (Wildman–Crippen LogP) is 17.2. The highest BCUT2D eigenvalue weighted by molar-refractivity contribution is 7.47. The molecular formula is C61H108N2O7P+. The van der Waals surface area contributed by atoms with Crippen LogP contribution in [0.3, 0.4) is 0 Å². The third kappa shape index (κ3) is 51.6. The van der Waals surface area contributed by atoms with E-state index in [1.54, 1.807) is 0 Å². The molecule has 0 aliphatic carbocycles. The Morgan fingerprint density at radius 3 is 1.51 bits per heavy atom. The number of rotatable bonds is 50. The van der Waals surface area contributed by atoms with E-state index in [9.17, 15) is 19.0 Å². The van der Waals surface area contributed by atoms with Crippen molar-refractivity contribution < 1.29 is 37.3 Å². The molecule has 0 saturated heterocycles. The molecule has 0 aromatic rings. The average molecular weight is 1010 g/mol. The van der Waals surface area contributed by atoms with Crippen molar-refractivity contribution in [1.82, 2.24) is 5.32 Å². The second kappa shape index (κ2) is 50.5. The van der Waals surface area contributed by atoms with Crippen molar-refractivity contribution >= 4 is 19.7 Å². The number of hydrogen-bond donors (Lipinski definition) is 2. The zero-order chi connectivity index (χ0) is 52.2. The van der Waals surface area contributed by atoms with Crippen LogP contribution < -0.4 is 5.32 Å². The number of amides is 1. The lowest BCUT2D eigenvalue weighted by molar-refractivity contribution is -0.870. The van der Waals surface area contributed by atoms with Gasteiger partial charge in [0.1, 0.15) is 19.3 Å². The Kier molecular flexibility index (Phi) is 48.3. The summed E-state index contributed by atoms with van der Waals surface area (Å²) in [7, 11) is 1.45. The molecule has 71 heavy (non-hydrogen) atoms. The molecule has 0 rings (SSSR count). The minimum absolute atomic E-state index is 0.0268. The molecule has 0 aromatic heterocycles. The van der Waals surface area contributed by atoms with Gasteiger partial charge in [0.05, 0.1) is 33.8 Å². The highest BCUT2D eigenvalue weighted by Gasteiger charge is 2.30. The van der Waals surface area contributed by atoms with Crippen molar-refractivity contribution in [2.24, 2.45) is 0 Å². The van der Waals surface area contributed by atoms with Gasteiger partial charge in [-0.2, -0.15) is 0 Å². The normalized spacial score (nSPS) is 14.5. The third-order valence-electron chi connectivity index (χ3n) is 12.1. The molecule has 1 amide bonds. The van der Waals surface area contributed by atoms with Gasteiger partial charge in [-0.05, 0) is 96.0 Å². The topological polar surface area (TPSA) is 111 Å². The molecule has 0 saturated carbocycles. The minimum Gasteiger partial charge on any atom is -0.456 e. The van der Waals surface area contributed by atoms with Crippen molar-refractivity contribution in [2.75, 3.05) is 40.9 Å². The van der Waals surface area contributed by atoms with E-state index in [-0.39, 0.29) is 37.9 Å². The smallest absolute Gasteiger partial charge is 0.456 e. The summed E-state index contributed by atoms with van der Waals surface area (Å²) in [5.74, 6) is -0.563. The van der Waals surface area contributed by atoms with Crippen molar-refractivity contribution in [3.63, 3.8) is 0 Å². The summed E-state index contributed by atoms with van der Waals surface area (Å²) in [5.41, 5.74) is 0. The number of carbonyl (C=O) groups is 2. The number of quaternary nitrogens is 1. The van der Waals surface area contributed by atoms with Gasteiger partial charge in [-0.15, -0.1) is 0 Å². The first-order valence-corrected chi connectivity index (χ1v) is 30.1. The largest absolute Gasteiger partial charge is 0.472 e. The van der Waals surface area contributed by atoms with Gasteiger partial charge in [-0.1, -0.05) is 215 Å². The zero-order valence-corrected chi connectivity index (χ0v) is 47.3. The first kappa shape index (κ1) is 67.9. The molecule has 3 unspecified atom stereocenters. The van der Waals surface area contributed by atoms with Crippen LogP contribution >= 0.6 is 7.82 Å². The van der Waals surface area contributed by atoms with Crippen LogP contribution in [0.4, 0.5) is 0 Å². The van der Waals surface area contributed by atoms with Crippen LogP contribution in [0.2, 0.25) is 0 Å². The van der Waals surface area contributed by atoms with Crippen molar-refractivity contribution in [3.05, 3.63) is 97.2 Å². The number of nitrogens with one attached hydrogen (secondary N) is 1. The Balaban J connectivity index is 5.40. The summed E-state index contributed by atoms with van der Waals surface area (Å²) in [6.45, 7) is 6.79. The third-order valence-corrected chi connectivity index (χ3v) is 13.1. The number of phosphoric acid groups is 1. The molecule has 0 radical (unpaired) electrons. The first-order valence-electron chi connectivity index (χ1n) is 28.6. The van der Waals surface area contributed by atoms with Crippen LogP contribution in [0.1, 0.15) is 226 Å². The minimum atomic E-state index is -4.46. The maximum absolute atomic E-state index is 13.5. The second-order valence-corrected chi connectivity index (χ2v) is 21.6. The number of phosphoric ester groups is 1. The van der Waals surface area contributed by atoms with Crippen molar-refractivity contribution in [1.29, 1.82) is 0 Å². The summed E-state index contributed by atoms with van der Waals surface area (Å²) in [5, 5.41) is 3.02. The van der Waals surface area contributed by atoms with E-state index in [0.29, 0.717) is 17.4 Å². The van der Waals surface area contributed by atoms with Gasteiger partial charge in [-0.3, -0.25) is 18.6 Å². The molecule has 2 N–H and O–H groups in total. The highest BCUT2D eigenvalue weighted by Crippen LogP contribution is 2.43. The quantitative estimate of drug-likeness (QED) is 0.0156. The molecule has 9 nitrogen and oxygen atoms in total. The molecule has 0 aliphatic rings. The summed E-state index contributed by atoms with van der Waals surface area (Å²) in [6.07, 6.45) is 66.9. The van der Waals surface area contributed by atoms with Gasteiger partial charge in [0.25, 0.3) is 0 Å². The van der Waals surface area contributed by atoms with E-state index in [1.807, 2.05) is 33.3 Å². The number of esters is 1. The number of unbranched alkanes of at least 4 members (excludes halogenated alkanes) is 22. The number of nitrogens with zero attached hydrogens (tertiary/aromatic N) is 1. The van der Waals surface area contributed by atoms with Crippen LogP contribution in [0, 0.1) is 0 Å². The molecule has 0 heterocycles. The number of ether oxygens (including phenoxy) is 1. The first-order chi connectivity index (χ1) is 34.4. The monoisotopic (exact) mass is 1010 g/mol. The Bertz CT molecular complexity index is 1540. The van der Waals surface area contributed by atoms with Gasteiger partial charge in [0, 0.05) is 12.8 Å². The van der Waals surface area contributed by atoms with E-state index in [4.69, 9.17) is 13.8 Å². The molecule has 3 atom stereocenters. The van der Waals surface area contributed by atoms with Crippen LogP contribution in [-0.2, 0) is 27.9 Å². The second-order valence-electron chi connectivity index (χ2n) is 20.1. The number of carbonyl (C=O) groups excluding carboxylic acids is 2.